The number of thioether (sulfide) groups is 1. The van der Waals surface area contributed by atoms with Crippen molar-refractivity contribution in [2.45, 2.75) is 44.8 Å². The van der Waals surface area contributed by atoms with Gasteiger partial charge in [0, 0.05) is 43.1 Å². The molecule has 0 aromatic heterocycles. The monoisotopic (exact) mass is 318 g/mol. The summed E-state index contributed by atoms with van der Waals surface area (Å²) in [6.07, 6.45) is 3.19. The lowest BCUT2D eigenvalue weighted by molar-refractivity contribution is -0.134. The number of nitrogens with one attached hydrogen (secondary N) is 1. The van der Waals surface area contributed by atoms with Crippen LogP contribution < -0.4 is 5.32 Å². The third-order valence-corrected chi connectivity index (χ3v) is 5.86. The van der Waals surface area contributed by atoms with Gasteiger partial charge in [0.25, 0.3) is 0 Å². The van der Waals surface area contributed by atoms with Crippen LogP contribution in [0.4, 0.5) is 0 Å². The van der Waals surface area contributed by atoms with Crippen molar-refractivity contribution in [1.29, 1.82) is 0 Å². The minimum atomic E-state index is 0.309. The van der Waals surface area contributed by atoms with E-state index < -0.39 is 0 Å². The van der Waals surface area contributed by atoms with Gasteiger partial charge in [0.1, 0.15) is 0 Å². The largest absolute Gasteiger partial charge is 0.335 e. The zero-order valence-electron chi connectivity index (χ0n) is 13.3. The molecule has 4 heteroatoms. The molecule has 22 heavy (non-hydrogen) atoms. The van der Waals surface area contributed by atoms with Crippen molar-refractivity contribution in [2.24, 2.45) is 5.92 Å². The number of hydrogen-bond donors (Lipinski definition) is 1. The smallest absolute Gasteiger partial charge is 0.224 e. The summed E-state index contributed by atoms with van der Waals surface area (Å²) >= 11 is 1.95. The molecule has 1 aromatic carbocycles. The van der Waals surface area contributed by atoms with Crippen molar-refractivity contribution in [2.75, 3.05) is 18.1 Å². The summed E-state index contributed by atoms with van der Waals surface area (Å²) in [5, 5.41) is 3.48. The zero-order chi connectivity index (χ0) is 15.4. The van der Waals surface area contributed by atoms with Crippen molar-refractivity contribution in [3.8, 4) is 0 Å². The molecule has 2 aliphatic rings. The summed E-state index contributed by atoms with van der Waals surface area (Å²) in [6, 6.07) is 11.1. The first-order chi connectivity index (χ1) is 10.7. The number of nitrogens with zero attached hydrogens (tertiary/aromatic N) is 1. The lowest BCUT2D eigenvalue weighted by Gasteiger charge is -2.32. The van der Waals surface area contributed by atoms with E-state index in [1.807, 2.05) is 17.8 Å². The van der Waals surface area contributed by atoms with E-state index in [0.29, 0.717) is 30.3 Å². The quantitative estimate of drug-likeness (QED) is 0.875. The van der Waals surface area contributed by atoms with Gasteiger partial charge >= 0.3 is 0 Å². The van der Waals surface area contributed by atoms with Crippen molar-refractivity contribution in [3.63, 3.8) is 0 Å². The van der Waals surface area contributed by atoms with Gasteiger partial charge < -0.3 is 10.2 Å². The Balaban J connectivity index is 1.65. The first kappa shape index (κ1) is 15.9. The fourth-order valence-corrected chi connectivity index (χ4v) is 4.10. The molecule has 1 aliphatic carbocycles. The van der Waals surface area contributed by atoms with Gasteiger partial charge in [-0.3, -0.25) is 4.79 Å². The number of carbonyl (C=O) groups is 1. The van der Waals surface area contributed by atoms with Crippen LogP contribution in [0.3, 0.4) is 0 Å². The Morgan fingerprint density at radius 1 is 1.36 bits per heavy atom. The maximum absolute atomic E-state index is 12.9. The van der Waals surface area contributed by atoms with E-state index >= 15 is 0 Å². The lowest BCUT2D eigenvalue weighted by Crippen LogP contribution is -2.45. The molecule has 1 saturated carbocycles. The van der Waals surface area contributed by atoms with E-state index in [0.717, 1.165) is 24.6 Å². The predicted molar refractivity (Wildman–Crippen MR) is 92.9 cm³/mol. The van der Waals surface area contributed by atoms with Gasteiger partial charge in [-0.2, -0.15) is 11.8 Å². The van der Waals surface area contributed by atoms with Crippen LogP contribution in [0, 0.1) is 5.92 Å². The normalized spacial score (nSPS) is 23.0. The molecule has 120 valence electrons. The van der Waals surface area contributed by atoms with Gasteiger partial charge in [-0.25, -0.2) is 0 Å². The first-order valence-corrected chi connectivity index (χ1v) is 9.54. The summed E-state index contributed by atoms with van der Waals surface area (Å²) in [5.74, 6) is 3.24. The van der Waals surface area contributed by atoms with Crippen LogP contribution in [0.5, 0.6) is 0 Å². The van der Waals surface area contributed by atoms with Crippen molar-refractivity contribution >= 4 is 17.7 Å². The Morgan fingerprint density at radius 3 is 2.77 bits per heavy atom. The molecule has 3 nitrogen and oxygen atoms in total. The Bertz CT molecular complexity index is 483. The second-order valence-electron chi connectivity index (χ2n) is 6.52. The Labute approximate surface area is 137 Å². The average molecular weight is 318 g/mol. The molecule has 1 aliphatic heterocycles. The molecule has 1 N–H and O–H groups in total. The fourth-order valence-electron chi connectivity index (χ4n) is 3.15. The summed E-state index contributed by atoms with van der Waals surface area (Å²) in [6.45, 7) is 4.00. The standard InChI is InChI=1S/C18H26N2OS/c1-14(16-7-8-16)20(12-15-5-3-2-4-6-15)18(21)11-17-13-22-10-9-19-17/h2-6,14,16-17,19H,7-13H2,1H3. The number of benzene rings is 1. The number of amides is 1. The van der Waals surface area contributed by atoms with Crippen LogP contribution in [0.2, 0.25) is 0 Å². The Hall–Kier alpha value is -1.00. The van der Waals surface area contributed by atoms with Gasteiger partial charge in [0.05, 0.1) is 0 Å². The SMILES string of the molecule is CC(C1CC1)N(Cc1ccccc1)C(=O)CC1CSCCN1. The third-order valence-electron chi connectivity index (χ3n) is 4.73. The molecule has 2 fully saturated rings. The zero-order valence-corrected chi connectivity index (χ0v) is 14.1. The highest BCUT2D eigenvalue weighted by molar-refractivity contribution is 7.99. The Morgan fingerprint density at radius 2 is 2.14 bits per heavy atom. The Kier molecular flexibility index (Phi) is 5.42. The molecule has 0 spiro atoms. The summed E-state index contributed by atoms with van der Waals surface area (Å²) < 4.78 is 0. The highest BCUT2D eigenvalue weighted by Crippen LogP contribution is 2.36. The lowest BCUT2D eigenvalue weighted by atomic mass is 10.1. The highest BCUT2D eigenvalue weighted by Gasteiger charge is 2.34. The van der Waals surface area contributed by atoms with Crippen LogP contribution >= 0.6 is 11.8 Å². The third kappa shape index (κ3) is 4.26. The summed E-state index contributed by atoms with van der Waals surface area (Å²) in [4.78, 5) is 15.0. The number of carbonyl (C=O) groups excluding carboxylic acids is 1. The molecule has 1 heterocycles. The van der Waals surface area contributed by atoms with E-state index in [1.54, 1.807) is 0 Å². The van der Waals surface area contributed by atoms with Crippen LogP contribution in [0.25, 0.3) is 0 Å². The van der Waals surface area contributed by atoms with Gasteiger partial charge in [-0.15, -0.1) is 0 Å². The maximum atomic E-state index is 12.9. The summed E-state index contributed by atoms with van der Waals surface area (Å²) in [7, 11) is 0. The van der Waals surface area contributed by atoms with Crippen LogP contribution in [-0.2, 0) is 11.3 Å². The van der Waals surface area contributed by atoms with Crippen molar-refractivity contribution < 1.29 is 4.79 Å². The average Bonchev–Trinajstić information content (AvgIpc) is 3.39. The minimum absolute atomic E-state index is 0.309. The topological polar surface area (TPSA) is 32.3 Å². The maximum Gasteiger partial charge on any atom is 0.224 e. The molecule has 1 aromatic rings. The molecule has 2 unspecified atom stereocenters. The molecule has 0 radical (unpaired) electrons. The van der Waals surface area contributed by atoms with E-state index in [4.69, 9.17) is 0 Å². The predicted octanol–water partition coefficient (Wildman–Crippen LogP) is 2.91. The first-order valence-electron chi connectivity index (χ1n) is 8.38. The second kappa shape index (κ2) is 7.51. The number of hydrogen-bond acceptors (Lipinski definition) is 3. The van der Waals surface area contributed by atoms with Crippen LogP contribution in [0.1, 0.15) is 31.7 Å². The van der Waals surface area contributed by atoms with E-state index in [9.17, 15) is 4.79 Å². The van der Waals surface area contributed by atoms with Gasteiger partial charge in [-0.1, -0.05) is 30.3 Å². The van der Waals surface area contributed by atoms with Crippen LogP contribution in [-0.4, -0.2) is 40.9 Å². The van der Waals surface area contributed by atoms with E-state index in [1.165, 1.54) is 18.4 Å². The van der Waals surface area contributed by atoms with E-state index in [2.05, 4.69) is 41.4 Å². The molecule has 3 rings (SSSR count). The van der Waals surface area contributed by atoms with Gasteiger partial charge in [0.15, 0.2) is 0 Å². The molecule has 1 amide bonds. The fraction of sp³-hybridized carbons (Fsp3) is 0.611. The molecule has 0 bridgehead atoms. The molecular formula is C18H26N2OS. The van der Waals surface area contributed by atoms with E-state index in [-0.39, 0.29) is 0 Å². The van der Waals surface area contributed by atoms with Gasteiger partial charge in [0.2, 0.25) is 5.91 Å². The van der Waals surface area contributed by atoms with Crippen molar-refractivity contribution in [3.05, 3.63) is 35.9 Å². The molecular weight excluding hydrogens is 292 g/mol. The van der Waals surface area contributed by atoms with Crippen LogP contribution in [0.15, 0.2) is 30.3 Å². The second-order valence-corrected chi connectivity index (χ2v) is 7.67. The van der Waals surface area contributed by atoms with Gasteiger partial charge in [-0.05, 0) is 31.2 Å². The molecule has 1 saturated heterocycles. The summed E-state index contributed by atoms with van der Waals surface area (Å²) in [5.41, 5.74) is 1.23. The number of rotatable bonds is 6. The molecule has 2 atom stereocenters. The highest BCUT2D eigenvalue weighted by atomic mass is 32.2. The van der Waals surface area contributed by atoms with Crippen molar-refractivity contribution in [1.82, 2.24) is 10.2 Å². The minimum Gasteiger partial charge on any atom is -0.335 e.